The van der Waals surface area contributed by atoms with Crippen molar-refractivity contribution in [2.45, 2.75) is 26.8 Å². The maximum atomic E-state index is 13.1. The Hall–Kier alpha value is -3.48. The molecule has 158 valence electrons. The van der Waals surface area contributed by atoms with Crippen LogP contribution in [0.1, 0.15) is 26.3 Å². The zero-order chi connectivity index (χ0) is 21.8. The van der Waals surface area contributed by atoms with Gasteiger partial charge in [0.05, 0.1) is 26.4 Å². The lowest BCUT2D eigenvalue weighted by atomic mass is 10.0. The molecule has 0 unspecified atom stereocenters. The standard InChI is InChI=1S/C23H26N2O5/c1-6-30-17-9-7-15(8-10-17)20-21(23(27)25(14(2)3)22(20)26)24-16-11-18(28-4)13-19(12-16)29-5/h7-14,24H,6H2,1-5H3. The van der Waals surface area contributed by atoms with E-state index in [1.165, 1.54) is 4.90 Å². The number of nitrogens with zero attached hydrogens (tertiary/aromatic N) is 1. The van der Waals surface area contributed by atoms with Crippen molar-refractivity contribution in [2.75, 3.05) is 26.1 Å². The Labute approximate surface area is 176 Å². The van der Waals surface area contributed by atoms with Crippen LogP contribution in [-0.2, 0) is 9.59 Å². The van der Waals surface area contributed by atoms with Gasteiger partial charge < -0.3 is 19.5 Å². The van der Waals surface area contributed by atoms with Crippen LogP contribution in [0.5, 0.6) is 17.2 Å². The fraction of sp³-hybridized carbons (Fsp3) is 0.304. The van der Waals surface area contributed by atoms with E-state index in [-0.39, 0.29) is 23.6 Å². The van der Waals surface area contributed by atoms with Crippen molar-refractivity contribution >= 4 is 23.1 Å². The zero-order valence-electron chi connectivity index (χ0n) is 17.8. The van der Waals surface area contributed by atoms with E-state index in [4.69, 9.17) is 14.2 Å². The Morgan fingerprint density at radius 3 is 2.00 bits per heavy atom. The van der Waals surface area contributed by atoms with E-state index in [1.807, 2.05) is 20.8 Å². The van der Waals surface area contributed by atoms with Crippen molar-refractivity contribution in [3.05, 3.63) is 53.7 Å². The van der Waals surface area contributed by atoms with Crippen LogP contribution < -0.4 is 19.5 Å². The molecule has 1 aliphatic rings. The molecule has 2 amide bonds. The van der Waals surface area contributed by atoms with Crippen molar-refractivity contribution < 1.29 is 23.8 Å². The Morgan fingerprint density at radius 1 is 0.900 bits per heavy atom. The summed E-state index contributed by atoms with van der Waals surface area (Å²) in [4.78, 5) is 27.5. The molecule has 0 saturated heterocycles. The van der Waals surface area contributed by atoms with Gasteiger partial charge in [-0.2, -0.15) is 0 Å². The smallest absolute Gasteiger partial charge is 0.278 e. The zero-order valence-corrected chi connectivity index (χ0v) is 17.8. The summed E-state index contributed by atoms with van der Waals surface area (Å²) >= 11 is 0. The normalized spacial score (nSPS) is 13.9. The molecule has 1 aliphatic heterocycles. The number of imide groups is 1. The van der Waals surface area contributed by atoms with Gasteiger partial charge in [-0.05, 0) is 38.5 Å². The lowest BCUT2D eigenvalue weighted by Crippen LogP contribution is -2.38. The second-order valence-electron chi connectivity index (χ2n) is 7.01. The fourth-order valence-electron chi connectivity index (χ4n) is 3.31. The molecule has 3 rings (SSSR count). The number of methoxy groups -OCH3 is 2. The van der Waals surface area contributed by atoms with Gasteiger partial charge in [0.1, 0.15) is 22.9 Å². The highest BCUT2D eigenvalue weighted by molar-refractivity contribution is 6.36. The Balaban J connectivity index is 2.08. The van der Waals surface area contributed by atoms with E-state index < -0.39 is 0 Å². The highest BCUT2D eigenvalue weighted by Gasteiger charge is 2.40. The van der Waals surface area contributed by atoms with E-state index in [1.54, 1.807) is 56.7 Å². The van der Waals surface area contributed by atoms with Gasteiger partial charge in [-0.25, -0.2) is 0 Å². The second-order valence-corrected chi connectivity index (χ2v) is 7.01. The molecule has 0 radical (unpaired) electrons. The summed E-state index contributed by atoms with van der Waals surface area (Å²) in [6.45, 7) is 6.07. The van der Waals surface area contributed by atoms with Gasteiger partial charge in [0, 0.05) is 29.9 Å². The van der Waals surface area contributed by atoms with Crippen molar-refractivity contribution in [3.8, 4) is 17.2 Å². The van der Waals surface area contributed by atoms with Crippen LogP contribution in [0.15, 0.2) is 48.2 Å². The summed E-state index contributed by atoms with van der Waals surface area (Å²) in [6.07, 6.45) is 0. The predicted molar refractivity (Wildman–Crippen MR) is 115 cm³/mol. The minimum Gasteiger partial charge on any atom is -0.497 e. The summed E-state index contributed by atoms with van der Waals surface area (Å²) in [5, 5.41) is 3.12. The monoisotopic (exact) mass is 410 g/mol. The summed E-state index contributed by atoms with van der Waals surface area (Å²) in [7, 11) is 3.10. The molecule has 0 fully saturated rings. The third kappa shape index (κ3) is 4.10. The molecule has 1 N–H and O–H groups in total. The first kappa shape index (κ1) is 21.2. The Bertz CT molecular complexity index is 957. The second kappa shape index (κ2) is 8.90. The number of anilines is 1. The lowest BCUT2D eigenvalue weighted by Gasteiger charge is -2.19. The molecule has 30 heavy (non-hydrogen) atoms. The Kier molecular flexibility index (Phi) is 6.30. The first-order chi connectivity index (χ1) is 14.4. The van der Waals surface area contributed by atoms with E-state index in [0.717, 1.165) is 0 Å². The van der Waals surface area contributed by atoms with Crippen molar-refractivity contribution in [2.24, 2.45) is 0 Å². The molecule has 7 heteroatoms. The maximum absolute atomic E-state index is 13.1. The molecule has 2 aromatic carbocycles. The number of hydrogen-bond acceptors (Lipinski definition) is 6. The average Bonchev–Trinajstić information content (AvgIpc) is 2.98. The molecule has 1 heterocycles. The summed E-state index contributed by atoms with van der Waals surface area (Å²) < 4.78 is 16.1. The maximum Gasteiger partial charge on any atom is 0.278 e. The summed E-state index contributed by atoms with van der Waals surface area (Å²) in [5.74, 6) is 1.12. The molecular formula is C23H26N2O5. The van der Waals surface area contributed by atoms with E-state index >= 15 is 0 Å². The summed E-state index contributed by atoms with van der Waals surface area (Å²) in [6, 6.07) is 12.1. The van der Waals surface area contributed by atoms with Crippen molar-refractivity contribution in [1.29, 1.82) is 0 Å². The quantitative estimate of drug-likeness (QED) is 0.669. The number of amides is 2. The largest absolute Gasteiger partial charge is 0.497 e. The van der Waals surface area contributed by atoms with Gasteiger partial charge in [0.2, 0.25) is 0 Å². The van der Waals surface area contributed by atoms with Crippen LogP contribution >= 0.6 is 0 Å². The topological polar surface area (TPSA) is 77.1 Å². The third-order valence-corrected chi connectivity index (χ3v) is 4.71. The first-order valence-corrected chi connectivity index (χ1v) is 9.75. The lowest BCUT2D eigenvalue weighted by molar-refractivity contribution is -0.138. The fourth-order valence-corrected chi connectivity index (χ4v) is 3.31. The highest BCUT2D eigenvalue weighted by Crippen LogP contribution is 2.34. The number of hydrogen-bond donors (Lipinski definition) is 1. The molecule has 0 aromatic heterocycles. The van der Waals surface area contributed by atoms with Crippen LogP contribution in [0.3, 0.4) is 0 Å². The molecule has 0 atom stereocenters. The van der Waals surface area contributed by atoms with Gasteiger partial charge in [-0.15, -0.1) is 0 Å². The molecular weight excluding hydrogens is 384 g/mol. The number of nitrogens with one attached hydrogen (secondary N) is 1. The van der Waals surface area contributed by atoms with Gasteiger partial charge in [0.15, 0.2) is 0 Å². The highest BCUT2D eigenvalue weighted by atomic mass is 16.5. The minimum atomic E-state index is -0.374. The van der Waals surface area contributed by atoms with Crippen LogP contribution in [0.25, 0.3) is 5.57 Å². The summed E-state index contributed by atoms with van der Waals surface area (Å²) in [5.41, 5.74) is 1.75. The van der Waals surface area contributed by atoms with E-state index in [0.29, 0.717) is 40.7 Å². The number of carbonyl (C=O) groups excluding carboxylic acids is 2. The minimum absolute atomic E-state index is 0.216. The van der Waals surface area contributed by atoms with Gasteiger partial charge >= 0.3 is 0 Å². The van der Waals surface area contributed by atoms with Gasteiger partial charge in [-0.1, -0.05) is 12.1 Å². The van der Waals surface area contributed by atoms with Gasteiger partial charge in [0.25, 0.3) is 11.8 Å². The van der Waals surface area contributed by atoms with E-state index in [9.17, 15) is 9.59 Å². The van der Waals surface area contributed by atoms with Crippen LogP contribution in [-0.4, -0.2) is 43.6 Å². The third-order valence-electron chi connectivity index (χ3n) is 4.71. The number of rotatable bonds is 8. The molecule has 0 spiro atoms. The number of ether oxygens (including phenoxy) is 3. The molecule has 0 bridgehead atoms. The molecule has 0 saturated carbocycles. The van der Waals surface area contributed by atoms with Crippen molar-refractivity contribution in [1.82, 2.24) is 4.90 Å². The molecule has 2 aromatic rings. The van der Waals surface area contributed by atoms with Crippen LogP contribution in [0, 0.1) is 0 Å². The average molecular weight is 410 g/mol. The van der Waals surface area contributed by atoms with Crippen LogP contribution in [0.2, 0.25) is 0 Å². The van der Waals surface area contributed by atoms with Gasteiger partial charge in [-0.3, -0.25) is 14.5 Å². The van der Waals surface area contributed by atoms with E-state index in [2.05, 4.69) is 5.32 Å². The first-order valence-electron chi connectivity index (χ1n) is 9.75. The number of benzene rings is 2. The molecule has 0 aliphatic carbocycles. The predicted octanol–water partition coefficient (Wildman–Crippen LogP) is 3.70. The Morgan fingerprint density at radius 2 is 1.50 bits per heavy atom. The number of carbonyl (C=O) groups is 2. The molecule has 7 nitrogen and oxygen atoms in total. The van der Waals surface area contributed by atoms with Crippen LogP contribution in [0.4, 0.5) is 5.69 Å². The SMILES string of the molecule is CCOc1ccc(C2=C(Nc3cc(OC)cc(OC)c3)C(=O)N(C(C)C)C2=O)cc1. The van der Waals surface area contributed by atoms with Crippen molar-refractivity contribution in [3.63, 3.8) is 0 Å².